The smallest absolute Gasteiger partial charge is 0.0166 e. The first-order valence-electron chi connectivity index (χ1n) is 19.3. The lowest BCUT2D eigenvalue weighted by Crippen LogP contribution is -1.85. The maximum atomic E-state index is 2.51. The summed E-state index contributed by atoms with van der Waals surface area (Å²) in [6.07, 6.45) is 51.2. The highest BCUT2D eigenvalue weighted by Gasteiger charge is 1.97. The van der Waals surface area contributed by atoms with Crippen LogP contribution in [-0.4, -0.2) is 5.75 Å². The number of unbranched alkanes of at least 4 members (excludes halogenated alkanes) is 33. The van der Waals surface area contributed by atoms with Gasteiger partial charge in [-0.15, -0.1) is 0 Å². The Balaban J connectivity index is 3.01. The summed E-state index contributed by atoms with van der Waals surface area (Å²) in [6.45, 7) is 4.62. The molecule has 0 N–H and O–H groups in total. The predicted octanol–water partition coefficient (Wildman–Crippen LogP) is 15.6. The van der Waals surface area contributed by atoms with E-state index in [1.807, 2.05) is 0 Å². The van der Waals surface area contributed by atoms with Crippen LogP contribution >= 0.6 is 11.8 Å². The zero-order chi connectivity index (χ0) is 28.9. The molecule has 0 atom stereocenters. The molecule has 0 rings (SSSR count). The van der Waals surface area contributed by atoms with Crippen LogP contribution in [0.1, 0.15) is 239 Å². The molecule has 0 aliphatic rings. The van der Waals surface area contributed by atoms with E-state index in [1.54, 1.807) is 0 Å². The fourth-order valence-corrected chi connectivity index (χ4v) is 6.90. The molecule has 0 nitrogen and oxygen atoms in total. The van der Waals surface area contributed by atoms with Crippen LogP contribution < -0.4 is 0 Å². The Kier molecular flexibility index (Phi) is 39.7. The highest BCUT2D eigenvalue weighted by atomic mass is 32.2. The third-order valence-electron chi connectivity index (χ3n) is 8.91. The Morgan fingerprint density at radius 2 is 0.500 bits per heavy atom. The Labute approximate surface area is 261 Å². The molecule has 0 aliphatic carbocycles. The van der Waals surface area contributed by atoms with Gasteiger partial charge in [0, 0.05) is 5.75 Å². The zero-order valence-electron chi connectivity index (χ0n) is 28.4. The van der Waals surface area contributed by atoms with Crippen LogP contribution in [0.4, 0.5) is 0 Å². The third kappa shape index (κ3) is 38.4. The topological polar surface area (TPSA) is 0 Å². The molecule has 0 spiro atoms. The molecular weight excluding hydrogens is 500 g/mol. The van der Waals surface area contributed by atoms with E-state index in [0.717, 1.165) is 0 Å². The van der Waals surface area contributed by atoms with E-state index in [0.29, 0.717) is 0 Å². The van der Waals surface area contributed by atoms with Crippen LogP contribution in [0.3, 0.4) is 0 Å². The molecule has 0 heterocycles. The number of rotatable bonds is 37. The highest BCUT2D eigenvalue weighted by Crippen LogP contribution is 2.18. The fourth-order valence-electron chi connectivity index (χ4n) is 6.03. The van der Waals surface area contributed by atoms with Gasteiger partial charge in [-0.05, 0) is 18.6 Å². The summed E-state index contributed by atoms with van der Waals surface area (Å²) < 4.78 is 0. The van der Waals surface area contributed by atoms with Crippen molar-refractivity contribution in [2.24, 2.45) is 0 Å². The van der Waals surface area contributed by atoms with Gasteiger partial charge < -0.3 is 0 Å². The molecule has 0 saturated heterocycles. The molecule has 40 heavy (non-hydrogen) atoms. The minimum absolute atomic E-state index is 1.34. The van der Waals surface area contributed by atoms with Gasteiger partial charge in [0.25, 0.3) is 0 Å². The molecule has 0 aromatic carbocycles. The minimum Gasteiger partial charge on any atom is -0.157 e. The summed E-state index contributed by atoms with van der Waals surface area (Å²) in [6, 6.07) is 0. The van der Waals surface area contributed by atoms with Crippen LogP contribution in [0, 0.1) is 5.75 Å². The first-order valence-corrected chi connectivity index (χ1v) is 20.4. The molecule has 0 aliphatic heterocycles. The molecule has 0 amide bonds. The van der Waals surface area contributed by atoms with Crippen LogP contribution in [-0.2, 0) is 0 Å². The van der Waals surface area contributed by atoms with Gasteiger partial charge in [-0.2, -0.15) is 11.8 Å². The van der Waals surface area contributed by atoms with E-state index in [9.17, 15) is 0 Å². The normalized spacial score (nSPS) is 11.6. The Bertz CT molecular complexity index is 368. The second kappa shape index (κ2) is 39.4. The number of hydrogen-bond donors (Lipinski definition) is 0. The van der Waals surface area contributed by atoms with Crippen LogP contribution in [0.25, 0.3) is 0 Å². The van der Waals surface area contributed by atoms with Crippen molar-refractivity contribution in [3.63, 3.8) is 0 Å². The second-order valence-electron chi connectivity index (χ2n) is 13.1. The van der Waals surface area contributed by atoms with E-state index in [-0.39, 0.29) is 0 Å². The average Bonchev–Trinajstić information content (AvgIpc) is 2.97. The van der Waals surface area contributed by atoms with E-state index in [2.05, 4.69) is 31.4 Å². The summed E-state index contributed by atoms with van der Waals surface area (Å²) in [5, 5.41) is 0. The van der Waals surface area contributed by atoms with Crippen molar-refractivity contribution >= 4 is 11.8 Å². The van der Waals surface area contributed by atoms with Gasteiger partial charge in [-0.3, -0.25) is 0 Å². The van der Waals surface area contributed by atoms with Crippen molar-refractivity contribution in [1.82, 2.24) is 0 Å². The van der Waals surface area contributed by atoms with Gasteiger partial charge in [-0.1, -0.05) is 226 Å². The van der Waals surface area contributed by atoms with Crippen LogP contribution in [0.15, 0.2) is 0 Å². The predicted molar refractivity (Wildman–Crippen MR) is 190 cm³/mol. The van der Waals surface area contributed by atoms with Crippen molar-refractivity contribution in [3.8, 4) is 0 Å². The molecular formula is C39H79S. The lowest BCUT2D eigenvalue weighted by Gasteiger charge is -2.05. The van der Waals surface area contributed by atoms with Gasteiger partial charge in [0.15, 0.2) is 0 Å². The van der Waals surface area contributed by atoms with Gasteiger partial charge in [-0.25, -0.2) is 0 Å². The van der Waals surface area contributed by atoms with Gasteiger partial charge in [0.2, 0.25) is 0 Å². The molecule has 1 heteroatoms. The Morgan fingerprint density at radius 3 is 0.775 bits per heavy atom. The molecule has 0 aromatic heterocycles. The van der Waals surface area contributed by atoms with Crippen molar-refractivity contribution in [1.29, 1.82) is 0 Å². The molecule has 0 bridgehead atoms. The number of hydrogen-bond acceptors (Lipinski definition) is 1. The van der Waals surface area contributed by atoms with E-state index in [4.69, 9.17) is 0 Å². The van der Waals surface area contributed by atoms with Gasteiger partial charge in [0.1, 0.15) is 0 Å². The lowest BCUT2D eigenvalue weighted by atomic mass is 10.0. The molecule has 1 radical (unpaired) electrons. The fraction of sp³-hybridized carbons (Fsp3) is 0.974. The van der Waals surface area contributed by atoms with Gasteiger partial charge in [0.05, 0.1) is 0 Å². The van der Waals surface area contributed by atoms with Crippen molar-refractivity contribution < 1.29 is 0 Å². The summed E-state index contributed by atoms with van der Waals surface area (Å²) >= 11 is 2.10. The van der Waals surface area contributed by atoms with Crippen LogP contribution in [0.5, 0.6) is 0 Å². The van der Waals surface area contributed by atoms with E-state index < -0.39 is 0 Å². The molecule has 0 unspecified atom stereocenters. The first-order chi connectivity index (χ1) is 19.9. The first kappa shape index (κ1) is 40.4. The quantitative estimate of drug-likeness (QED) is 0.0659. The maximum Gasteiger partial charge on any atom is 0.0166 e. The molecule has 0 saturated carbocycles. The van der Waals surface area contributed by atoms with E-state index >= 15 is 0 Å². The highest BCUT2D eigenvalue weighted by molar-refractivity contribution is 8.01. The Hall–Kier alpha value is 0.350. The van der Waals surface area contributed by atoms with Crippen LogP contribution in [0.2, 0.25) is 0 Å². The average molecular weight is 580 g/mol. The summed E-state index contributed by atoms with van der Waals surface area (Å²) in [5.74, 6) is 3.87. The van der Waals surface area contributed by atoms with Crippen molar-refractivity contribution in [3.05, 3.63) is 5.75 Å². The molecule has 0 fully saturated rings. The molecule has 241 valence electrons. The summed E-state index contributed by atoms with van der Waals surface area (Å²) in [5.41, 5.74) is 0. The monoisotopic (exact) mass is 580 g/mol. The minimum atomic E-state index is 1.34. The second-order valence-corrected chi connectivity index (χ2v) is 14.2. The molecule has 0 aromatic rings. The zero-order valence-corrected chi connectivity index (χ0v) is 29.3. The standard InChI is InChI=1S/C39H79S/c1-3-5-7-9-11-13-15-17-18-19-20-21-22-23-24-25-27-29-31-33-35-37-39-40-38-36-34-32-30-28-26-16-14-12-10-8-6-4-2/h39H,3-38H2,1-2H3. The SMILES string of the molecule is CCCCCCCCCCCCCCCCCCCCCCC[CH]SCCCCCCCCCCCCCCC. The van der Waals surface area contributed by atoms with Gasteiger partial charge >= 0.3 is 0 Å². The Morgan fingerprint density at radius 1 is 0.275 bits per heavy atom. The number of thioether (sulfide) groups is 1. The van der Waals surface area contributed by atoms with Crippen molar-refractivity contribution in [2.45, 2.75) is 239 Å². The van der Waals surface area contributed by atoms with E-state index in [1.165, 1.54) is 230 Å². The van der Waals surface area contributed by atoms with Crippen molar-refractivity contribution in [2.75, 3.05) is 5.75 Å². The maximum absolute atomic E-state index is 2.51. The summed E-state index contributed by atoms with van der Waals surface area (Å²) in [4.78, 5) is 0. The lowest BCUT2D eigenvalue weighted by molar-refractivity contribution is 0.520. The largest absolute Gasteiger partial charge is 0.157 e. The summed E-state index contributed by atoms with van der Waals surface area (Å²) in [7, 11) is 0. The third-order valence-corrected chi connectivity index (χ3v) is 9.90.